The third kappa shape index (κ3) is 7.37. The fraction of sp³-hybridized carbons (Fsp3) is 0.286. The van der Waals surface area contributed by atoms with Crippen molar-refractivity contribution in [1.29, 1.82) is 0 Å². The summed E-state index contributed by atoms with van der Waals surface area (Å²) < 4.78 is 3.62. The van der Waals surface area contributed by atoms with E-state index in [-0.39, 0.29) is 29.5 Å². The van der Waals surface area contributed by atoms with Crippen LogP contribution in [0.5, 0.6) is 0 Å². The number of nitrogens with one attached hydrogen (secondary N) is 2. The molecule has 0 spiro atoms. The summed E-state index contributed by atoms with van der Waals surface area (Å²) in [5.74, 6) is 0.778. The van der Waals surface area contributed by atoms with E-state index in [4.69, 9.17) is 0 Å². The highest BCUT2D eigenvalue weighted by molar-refractivity contribution is 14.0. The van der Waals surface area contributed by atoms with Crippen molar-refractivity contribution in [3.63, 3.8) is 0 Å². The van der Waals surface area contributed by atoms with Crippen LogP contribution in [0.15, 0.2) is 76.9 Å². The normalized spacial score (nSPS) is 11.0. The number of nitrogens with zero attached hydrogens (tertiary/aromatic N) is 4. The first-order valence-corrected chi connectivity index (χ1v) is 9.40. The maximum atomic E-state index is 11.8. The molecule has 0 aliphatic rings. The molecular formula is C21H27IN6O. The van der Waals surface area contributed by atoms with Crippen LogP contribution in [0, 0.1) is 0 Å². The van der Waals surface area contributed by atoms with Gasteiger partial charge in [-0.3, -0.25) is 14.5 Å². The Morgan fingerprint density at radius 2 is 1.83 bits per heavy atom. The van der Waals surface area contributed by atoms with E-state index in [1.807, 2.05) is 23.0 Å². The first-order valence-electron chi connectivity index (χ1n) is 9.40. The Morgan fingerprint density at radius 3 is 2.52 bits per heavy atom. The van der Waals surface area contributed by atoms with Gasteiger partial charge in [0.25, 0.3) is 5.56 Å². The number of guanidine groups is 1. The minimum Gasteiger partial charge on any atom is -0.356 e. The molecule has 2 aromatic heterocycles. The topological polar surface area (TPSA) is 76.2 Å². The first-order chi connectivity index (χ1) is 13.7. The Kier molecular flexibility index (Phi) is 9.42. The number of halogens is 1. The summed E-state index contributed by atoms with van der Waals surface area (Å²) in [5.41, 5.74) is 2.26. The zero-order chi connectivity index (χ0) is 19.6. The number of aromatic nitrogens is 3. The highest BCUT2D eigenvalue weighted by Gasteiger charge is 2.01. The number of pyridine rings is 1. The van der Waals surface area contributed by atoms with Crippen molar-refractivity contribution in [2.24, 2.45) is 4.99 Å². The van der Waals surface area contributed by atoms with E-state index in [9.17, 15) is 4.79 Å². The molecule has 0 aliphatic heterocycles. The van der Waals surface area contributed by atoms with Gasteiger partial charge in [0.05, 0.1) is 6.54 Å². The summed E-state index contributed by atoms with van der Waals surface area (Å²) in [6.45, 7) is 2.96. The highest BCUT2D eigenvalue weighted by atomic mass is 127. The average molecular weight is 506 g/mol. The summed E-state index contributed by atoms with van der Waals surface area (Å²) in [6.07, 6.45) is 6.53. The van der Waals surface area contributed by atoms with E-state index in [0.717, 1.165) is 36.6 Å². The molecule has 2 N–H and O–H groups in total. The van der Waals surface area contributed by atoms with Gasteiger partial charge >= 0.3 is 0 Å². The van der Waals surface area contributed by atoms with Crippen molar-refractivity contribution in [1.82, 2.24) is 25.0 Å². The second-order valence-electron chi connectivity index (χ2n) is 6.46. The Morgan fingerprint density at radius 1 is 1.03 bits per heavy atom. The van der Waals surface area contributed by atoms with Crippen molar-refractivity contribution < 1.29 is 0 Å². The van der Waals surface area contributed by atoms with Gasteiger partial charge in [0.15, 0.2) is 5.96 Å². The zero-order valence-corrected chi connectivity index (χ0v) is 18.8. The quantitative estimate of drug-likeness (QED) is 0.213. The van der Waals surface area contributed by atoms with Crippen molar-refractivity contribution in [2.75, 3.05) is 13.6 Å². The Hall–Kier alpha value is -2.62. The molecule has 0 fully saturated rings. The molecule has 3 rings (SSSR count). The van der Waals surface area contributed by atoms with Gasteiger partial charge in [0.2, 0.25) is 0 Å². The molecule has 0 saturated carbocycles. The molecule has 7 nitrogen and oxygen atoms in total. The Balaban J connectivity index is 0.00000300. The van der Waals surface area contributed by atoms with Crippen molar-refractivity contribution in [3.8, 4) is 0 Å². The smallest absolute Gasteiger partial charge is 0.250 e. The molecule has 1 aromatic carbocycles. The van der Waals surface area contributed by atoms with Gasteiger partial charge in [-0.05, 0) is 29.7 Å². The molecule has 0 bridgehead atoms. The molecule has 3 aromatic rings. The number of benzene rings is 1. The second-order valence-corrected chi connectivity index (χ2v) is 6.46. The highest BCUT2D eigenvalue weighted by Crippen LogP contribution is 2.05. The molecule has 0 aliphatic carbocycles. The maximum absolute atomic E-state index is 11.8. The van der Waals surface area contributed by atoms with E-state index in [2.05, 4.69) is 45.0 Å². The third-order valence-corrected chi connectivity index (χ3v) is 4.37. The predicted molar refractivity (Wildman–Crippen MR) is 127 cm³/mol. The van der Waals surface area contributed by atoms with Gasteiger partial charge < -0.3 is 15.2 Å². The van der Waals surface area contributed by atoms with Crippen LogP contribution in [-0.2, 0) is 19.6 Å². The number of aliphatic imine (C=N–C) groups is 1. The molecular weight excluding hydrogens is 479 g/mol. The lowest BCUT2D eigenvalue weighted by Crippen LogP contribution is -2.37. The molecule has 154 valence electrons. The van der Waals surface area contributed by atoms with E-state index >= 15 is 0 Å². The van der Waals surface area contributed by atoms with Gasteiger partial charge in [-0.15, -0.1) is 24.0 Å². The van der Waals surface area contributed by atoms with Gasteiger partial charge in [-0.25, -0.2) is 0 Å². The number of hydrogen-bond donors (Lipinski definition) is 2. The molecule has 8 heteroatoms. The van der Waals surface area contributed by atoms with Crippen LogP contribution in [0.2, 0.25) is 0 Å². The van der Waals surface area contributed by atoms with Gasteiger partial charge in [-0.2, -0.15) is 5.10 Å². The summed E-state index contributed by atoms with van der Waals surface area (Å²) in [6, 6.07) is 15.4. The van der Waals surface area contributed by atoms with Gasteiger partial charge in [0, 0.05) is 51.3 Å². The molecule has 0 saturated heterocycles. The molecule has 0 amide bonds. The zero-order valence-electron chi connectivity index (χ0n) is 16.5. The molecule has 29 heavy (non-hydrogen) atoms. The number of aryl methyl sites for hydroxylation is 1. The summed E-state index contributed by atoms with van der Waals surface area (Å²) in [7, 11) is 1.77. The SMILES string of the molecule is CN=C(NCCCn1cccn1)NCc1ccc(Cn2ccccc2=O)cc1.I. The lowest BCUT2D eigenvalue weighted by molar-refractivity contribution is 0.570. The molecule has 0 radical (unpaired) electrons. The number of rotatable bonds is 8. The van der Waals surface area contributed by atoms with Crippen LogP contribution in [-0.4, -0.2) is 33.9 Å². The third-order valence-electron chi connectivity index (χ3n) is 4.37. The standard InChI is InChI=1S/C21H26N6O.HI/c1-22-21(23-11-4-14-27-15-5-12-25-27)24-16-18-7-9-19(10-8-18)17-26-13-3-2-6-20(26)28;/h2-3,5-10,12-13,15H,4,11,14,16-17H2,1H3,(H2,22,23,24);1H. The average Bonchev–Trinajstić information content (AvgIpc) is 3.24. The van der Waals surface area contributed by atoms with Crippen LogP contribution >= 0.6 is 24.0 Å². The van der Waals surface area contributed by atoms with Crippen LogP contribution in [0.25, 0.3) is 0 Å². The van der Waals surface area contributed by atoms with E-state index in [1.54, 1.807) is 36.1 Å². The van der Waals surface area contributed by atoms with Crippen molar-refractivity contribution >= 4 is 29.9 Å². The second kappa shape index (κ2) is 12.1. The minimum absolute atomic E-state index is 0. The van der Waals surface area contributed by atoms with Crippen LogP contribution in [0.4, 0.5) is 0 Å². The lowest BCUT2D eigenvalue weighted by Gasteiger charge is -2.12. The monoisotopic (exact) mass is 506 g/mol. The Labute approximate surface area is 187 Å². The van der Waals surface area contributed by atoms with E-state index in [0.29, 0.717) is 13.1 Å². The van der Waals surface area contributed by atoms with Crippen LogP contribution < -0.4 is 16.2 Å². The predicted octanol–water partition coefficient (Wildman–Crippen LogP) is 2.47. The lowest BCUT2D eigenvalue weighted by atomic mass is 10.1. The van der Waals surface area contributed by atoms with E-state index in [1.165, 1.54) is 0 Å². The maximum Gasteiger partial charge on any atom is 0.250 e. The molecule has 0 unspecified atom stereocenters. The fourth-order valence-corrected chi connectivity index (χ4v) is 2.84. The van der Waals surface area contributed by atoms with Gasteiger partial charge in [-0.1, -0.05) is 30.3 Å². The van der Waals surface area contributed by atoms with Crippen LogP contribution in [0.1, 0.15) is 17.5 Å². The fourth-order valence-electron chi connectivity index (χ4n) is 2.84. The van der Waals surface area contributed by atoms with Crippen molar-refractivity contribution in [3.05, 3.63) is 88.6 Å². The summed E-state index contributed by atoms with van der Waals surface area (Å²) >= 11 is 0. The number of hydrogen-bond acceptors (Lipinski definition) is 3. The molecule has 0 atom stereocenters. The first kappa shape index (κ1) is 22.7. The van der Waals surface area contributed by atoms with Gasteiger partial charge in [0.1, 0.15) is 0 Å². The van der Waals surface area contributed by atoms with Crippen molar-refractivity contribution in [2.45, 2.75) is 26.1 Å². The van der Waals surface area contributed by atoms with Crippen LogP contribution in [0.3, 0.4) is 0 Å². The Bertz CT molecular complexity index is 934. The summed E-state index contributed by atoms with van der Waals surface area (Å²) in [4.78, 5) is 16.1. The van der Waals surface area contributed by atoms with E-state index < -0.39 is 0 Å². The minimum atomic E-state index is 0. The largest absolute Gasteiger partial charge is 0.356 e. The summed E-state index contributed by atoms with van der Waals surface area (Å²) in [5, 5.41) is 10.8. The molecule has 2 heterocycles.